The lowest BCUT2D eigenvalue weighted by atomic mass is 10.2. The first-order valence-corrected chi connectivity index (χ1v) is 6.13. The molecule has 0 aromatic carbocycles. The lowest BCUT2D eigenvalue weighted by molar-refractivity contribution is 0.0597. The number of aromatic nitrogens is 2. The second-order valence-electron chi connectivity index (χ2n) is 3.89. The van der Waals surface area contributed by atoms with E-state index in [2.05, 4.69) is 16.5 Å². The molecule has 0 aliphatic rings. The fraction of sp³-hybridized carbons (Fsp3) is 0.750. The van der Waals surface area contributed by atoms with E-state index in [1.165, 1.54) is 0 Å². The summed E-state index contributed by atoms with van der Waals surface area (Å²) in [4.78, 5) is 4.35. The van der Waals surface area contributed by atoms with Gasteiger partial charge in [-0.1, -0.05) is 6.92 Å². The van der Waals surface area contributed by atoms with Crippen LogP contribution < -0.4 is 5.73 Å². The van der Waals surface area contributed by atoms with Crippen LogP contribution in [-0.4, -0.2) is 28.8 Å². The fourth-order valence-electron chi connectivity index (χ4n) is 1.78. The smallest absolute Gasteiger partial charge is 0.108 e. The van der Waals surface area contributed by atoms with Gasteiger partial charge in [-0.2, -0.15) is 0 Å². The van der Waals surface area contributed by atoms with Gasteiger partial charge in [-0.05, 0) is 19.8 Å². The van der Waals surface area contributed by atoms with E-state index in [0.717, 1.165) is 38.2 Å². The van der Waals surface area contributed by atoms with Gasteiger partial charge in [0.15, 0.2) is 0 Å². The Balaban J connectivity index is 2.43. The molecule has 1 atom stereocenters. The average Bonchev–Trinajstić information content (AvgIpc) is 2.72. The first-order valence-electron chi connectivity index (χ1n) is 6.13. The van der Waals surface area contributed by atoms with E-state index < -0.39 is 0 Å². The van der Waals surface area contributed by atoms with Gasteiger partial charge >= 0.3 is 0 Å². The molecule has 0 fully saturated rings. The highest BCUT2D eigenvalue weighted by Crippen LogP contribution is 2.05. The molecule has 92 valence electrons. The predicted octanol–water partition coefficient (Wildman–Crippen LogP) is 1.59. The maximum Gasteiger partial charge on any atom is 0.108 e. The number of imidazole rings is 1. The second kappa shape index (κ2) is 7.41. The van der Waals surface area contributed by atoms with Crippen molar-refractivity contribution in [3.8, 4) is 0 Å². The first kappa shape index (κ1) is 13.2. The summed E-state index contributed by atoms with van der Waals surface area (Å²) in [6.07, 6.45) is 7.19. The third-order valence-corrected chi connectivity index (χ3v) is 2.63. The second-order valence-corrected chi connectivity index (χ2v) is 3.89. The van der Waals surface area contributed by atoms with Crippen molar-refractivity contribution in [2.75, 3.05) is 13.2 Å². The molecule has 0 saturated carbocycles. The Morgan fingerprint density at radius 3 is 2.94 bits per heavy atom. The number of ether oxygens (including phenoxy) is 1. The summed E-state index contributed by atoms with van der Waals surface area (Å²) >= 11 is 0. The van der Waals surface area contributed by atoms with E-state index in [4.69, 9.17) is 10.5 Å². The Labute approximate surface area is 97.8 Å². The average molecular weight is 225 g/mol. The van der Waals surface area contributed by atoms with Crippen LogP contribution in [0.15, 0.2) is 12.4 Å². The van der Waals surface area contributed by atoms with Gasteiger partial charge in [0, 0.05) is 38.5 Å². The van der Waals surface area contributed by atoms with E-state index in [1.807, 2.05) is 19.3 Å². The van der Waals surface area contributed by atoms with Crippen molar-refractivity contribution in [3.63, 3.8) is 0 Å². The minimum Gasteiger partial charge on any atom is -0.377 e. The van der Waals surface area contributed by atoms with Gasteiger partial charge in [0.25, 0.3) is 0 Å². The van der Waals surface area contributed by atoms with E-state index in [0.29, 0.717) is 6.54 Å². The summed E-state index contributed by atoms with van der Waals surface area (Å²) in [5, 5.41) is 0. The van der Waals surface area contributed by atoms with E-state index >= 15 is 0 Å². The highest BCUT2D eigenvalue weighted by Gasteiger charge is 2.07. The zero-order valence-corrected chi connectivity index (χ0v) is 10.4. The Hall–Kier alpha value is -0.870. The summed E-state index contributed by atoms with van der Waals surface area (Å²) in [5.41, 5.74) is 5.65. The Morgan fingerprint density at radius 1 is 1.50 bits per heavy atom. The van der Waals surface area contributed by atoms with Crippen LogP contribution in [0.4, 0.5) is 0 Å². The van der Waals surface area contributed by atoms with Crippen molar-refractivity contribution in [3.05, 3.63) is 18.2 Å². The summed E-state index contributed by atoms with van der Waals surface area (Å²) in [6, 6.07) is 0. The molecule has 2 N–H and O–H groups in total. The van der Waals surface area contributed by atoms with Crippen LogP contribution in [-0.2, 0) is 17.7 Å². The number of hydrogen-bond donors (Lipinski definition) is 1. The number of nitrogens with zero attached hydrogens (tertiary/aromatic N) is 2. The number of hydrogen-bond acceptors (Lipinski definition) is 3. The summed E-state index contributed by atoms with van der Waals surface area (Å²) in [5.74, 6) is 1.16. The molecule has 0 amide bonds. The van der Waals surface area contributed by atoms with Crippen LogP contribution in [0.25, 0.3) is 0 Å². The third-order valence-electron chi connectivity index (χ3n) is 2.63. The molecular weight excluding hydrogens is 202 g/mol. The van der Waals surface area contributed by atoms with Crippen LogP contribution in [0.3, 0.4) is 0 Å². The van der Waals surface area contributed by atoms with Gasteiger partial charge in [-0.15, -0.1) is 0 Å². The van der Waals surface area contributed by atoms with E-state index in [1.54, 1.807) is 0 Å². The van der Waals surface area contributed by atoms with E-state index in [9.17, 15) is 0 Å². The summed E-state index contributed by atoms with van der Waals surface area (Å²) < 4.78 is 7.73. The lowest BCUT2D eigenvalue weighted by Crippen LogP contribution is -2.25. The van der Waals surface area contributed by atoms with Crippen LogP contribution in [0, 0.1) is 0 Å². The SMILES string of the molecule is CCCc1nccn1CCC(CN)OCC. The minimum absolute atomic E-state index is 0.168. The van der Waals surface area contributed by atoms with Crippen molar-refractivity contribution in [1.82, 2.24) is 9.55 Å². The molecule has 1 unspecified atom stereocenters. The molecule has 4 nitrogen and oxygen atoms in total. The van der Waals surface area contributed by atoms with Gasteiger partial charge in [-0.3, -0.25) is 0 Å². The highest BCUT2D eigenvalue weighted by atomic mass is 16.5. The minimum atomic E-state index is 0.168. The first-order chi connectivity index (χ1) is 7.81. The molecule has 0 radical (unpaired) electrons. The molecule has 16 heavy (non-hydrogen) atoms. The van der Waals surface area contributed by atoms with Crippen LogP contribution in [0.5, 0.6) is 0 Å². The monoisotopic (exact) mass is 225 g/mol. The van der Waals surface area contributed by atoms with Crippen molar-refractivity contribution in [2.45, 2.75) is 45.8 Å². The summed E-state index contributed by atoms with van der Waals surface area (Å²) in [7, 11) is 0. The normalized spacial score (nSPS) is 12.9. The third kappa shape index (κ3) is 3.94. The number of rotatable bonds is 8. The van der Waals surface area contributed by atoms with Gasteiger partial charge < -0.3 is 15.0 Å². The Bertz CT molecular complexity index is 286. The molecule has 1 heterocycles. The lowest BCUT2D eigenvalue weighted by Gasteiger charge is -2.15. The number of aryl methyl sites for hydroxylation is 2. The molecule has 0 aliphatic heterocycles. The molecule has 0 saturated heterocycles. The molecule has 4 heteroatoms. The van der Waals surface area contributed by atoms with Gasteiger partial charge in [0.2, 0.25) is 0 Å². The summed E-state index contributed by atoms with van der Waals surface area (Å²) in [6.45, 7) is 6.43. The zero-order chi connectivity index (χ0) is 11.8. The highest BCUT2D eigenvalue weighted by molar-refractivity contribution is 4.92. The van der Waals surface area contributed by atoms with Crippen molar-refractivity contribution < 1.29 is 4.74 Å². The topological polar surface area (TPSA) is 53.1 Å². The molecule has 1 aromatic heterocycles. The Morgan fingerprint density at radius 2 is 2.31 bits per heavy atom. The largest absolute Gasteiger partial charge is 0.377 e. The van der Waals surface area contributed by atoms with E-state index in [-0.39, 0.29) is 6.10 Å². The molecule has 1 aromatic rings. The Kier molecular flexibility index (Phi) is 6.11. The van der Waals surface area contributed by atoms with Gasteiger partial charge in [0.1, 0.15) is 5.82 Å². The van der Waals surface area contributed by atoms with Crippen molar-refractivity contribution in [2.24, 2.45) is 5.73 Å². The number of nitrogens with two attached hydrogens (primary N) is 1. The molecule has 0 aliphatic carbocycles. The molecule has 1 rings (SSSR count). The van der Waals surface area contributed by atoms with Crippen molar-refractivity contribution >= 4 is 0 Å². The predicted molar refractivity (Wildman–Crippen MR) is 65.3 cm³/mol. The molecule has 0 spiro atoms. The van der Waals surface area contributed by atoms with Crippen LogP contribution in [0.2, 0.25) is 0 Å². The standard InChI is InChI=1S/C12H23N3O/c1-3-5-12-14-7-9-15(12)8-6-11(10-13)16-4-2/h7,9,11H,3-6,8,10,13H2,1-2H3. The van der Waals surface area contributed by atoms with Crippen LogP contribution in [0.1, 0.15) is 32.5 Å². The van der Waals surface area contributed by atoms with Gasteiger partial charge in [-0.25, -0.2) is 4.98 Å². The maximum absolute atomic E-state index is 5.65. The maximum atomic E-state index is 5.65. The quantitative estimate of drug-likeness (QED) is 0.731. The molecule has 0 bridgehead atoms. The van der Waals surface area contributed by atoms with Gasteiger partial charge in [0.05, 0.1) is 6.10 Å². The fourth-order valence-corrected chi connectivity index (χ4v) is 1.78. The molecular formula is C12H23N3O. The van der Waals surface area contributed by atoms with Crippen molar-refractivity contribution in [1.29, 1.82) is 0 Å². The van der Waals surface area contributed by atoms with Crippen LogP contribution >= 0.6 is 0 Å². The zero-order valence-electron chi connectivity index (χ0n) is 10.4.